The molecular formula is C18H20ClNOS. The summed E-state index contributed by atoms with van der Waals surface area (Å²) in [5.41, 5.74) is 2.33. The van der Waals surface area contributed by atoms with Gasteiger partial charge in [0.2, 0.25) is 5.91 Å². The molecule has 2 rings (SSSR count). The van der Waals surface area contributed by atoms with Gasteiger partial charge in [-0.2, -0.15) is 0 Å². The molecule has 0 fully saturated rings. The average molecular weight is 334 g/mol. The molecule has 0 aromatic heterocycles. The lowest BCUT2D eigenvalue weighted by Gasteiger charge is -2.21. The van der Waals surface area contributed by atoms with Gasteiger partial charge in [0.15, 0.2) is 0 Å². The predicted octanol–water partition coefficient (Wildman–Crippen LogP) is 4.62. The van der Waals surface area contributed by atoms with Crippen LogP contribution in [0.4, 0.5) is 0 Å². The Morgan fingerprint density at radius 2 is 1.73 bits per heavy atom. The monoisotopic (exact) mass is 333 g/mol. The third-order valence-electron chi connectivity index (χ3n) is 3.40. The fourth-order valence-corrected chi connectivity index (χ4v) is 3.20. The van der Waals surface area contributed by atoms with Gasteiger partial charge >= 0.3 is 0 Å². The van der Waals surface area contributed by atoms with E-state index >= 15 is 0 Å². The van der Waals surface area contributed by atoms with Crippen molar-refractivity contribution < 1.29 is 4.79 Å². The van der Waals surface area contributed by atoms with Gasteiger partial charge in [-0.15, -0.1) is 11.8 Å². The van der Waals surface area contributed by atoms with Crippen LogP contribution in [0.15, 0.2) is 54.6 Å². The molecule has 116 valence electrons. The van der Waals surface area contributed by atoms with Crippen molar-refractivity contribution in [3.05, 3.63) is 70.7 Å². The molecule has 2 nitrogen and oxygen atoms in total. The SMILES string of the molecule is CC(SCc1ccc(Cl)cc1)C(=O)N(C)Cc1ccccc1. The fraction of sp³-hybridized carbons (Fsp3) is 0.278. The molecular weight excluding hydrogens is 314 g/mol. The minimum Gasteiger partial charge on any atom is -0.340 e. The van der Waals surface area contributed by atoms with Gasteiger partial charge in [0.05, 0.1) is 5.25 Å². The van der Waals surface area contributed by atoms with Gasteiger partial charge < -0.3 is 4.90 Å². The smallest absolute Gasteiger partial charge is 0.235 e. The Kier molecular flexibility index (Phi) is 6.34. The van der Waals surface area contributed by atoms with Gasteiger partial charge in [0.1, 0.15) is 0 Å². The second-order valence-corrected chi connectivity index (χ2v) is 7.03. The molecule has 2 aromatic rings. The molecule has 0 aliphatic carbocycles. The number of rotatable bonds is 6. The molecule has 0 saturated heterocycles. The molecule has 0 bridgehead atoms. The summed E-state index contributed by atoms with van der Waals surface area (Å²) in [7, 11) is 1.86. The van der Waals surface area contributed by atoms with E-state index in [2.05, 4.69) is 0 Å². The molecule has 0 heterocycles. The second-order valence-electron chi connectivity index (χ2n) is 5.26. The molecule has 0 N–H and O–H groups in total. The van der Waals surface area contributed by atoms with E-state index in [1.165, 1.54) is 5.56 Å². The highest BCUT2D eigenvalue weighted by molar-refractivity contribution is 7.99. The van der Waals surface area contributed by atoms with E-state index < -0.39 is 0 Å². The van der Waals surface area contributed by atoms with Gasteiger partial charge in [-0.05, 0) is 30.2 Å². The highest BCUT2D eigenvalue weighted by Crippen LogP contribution is 2.21. The van der Waals surface area contributed by atoms with Crippen molar-refractivity contribution in [1.29, 1.82) is 0 Å². The number of carbonyl (C=O) groups is 1. The van der Waals surface area contributed by atoms with Crippen molar-refractivity contribution in [3.63, 3.8) is 0 Å². The average Bonchev–Trinajstić information content (AvgIpc) is 2.54. The molecule has 0 spiro atoms. The van der Waals surface area contributed by atoms with E-state index in [1.807, 2.05) is 68.6 Å². The first-order chi connectivity index (χ1) is 10.6. The van der Waals surface area contributed by atoms with Gasteiger partial charge in [-0.3, -0.25) is 4.79 Å². The van der Waals surface area contributed by atoms with Crippen LogP contribution in [0.3, 0.4) is 0 Å². The Morgan fingerprint density at radius 1 is 1.09 bits per heavy atom. The van der Waals surface area contributed by atoms with Crippen molar-refractivity contribution in [3.8, 4) is 0 Å². The number of amides is 1. The van der Waals surface area contributed by atoms with Crippen LogP contribution >= 0.6 is 23.4 Å². The zero-order valence-corrected chi connectivity index (χ0v) is 14.4. The zero-order chi connectivity index (χ0) is 15.9. The summed E-state index contributed by atoms with van der Waals surface area (Å²) in [6.07, 6.45) is 0. The van der Waals surface area contributed by atoms with Crippen LogP contribution in [0.2, 0.25) is 5.02 Å². The maximum atomic E-state index is 12.4. The van der Waals surface area contributed by atoms with Crippen LogP contribution in [-0.4, -0.2) is 23.1 Å². The molecule has 1 unspecified atom stereocenters. The van der Waals surface area contributed by atoms with Gasteiger partial charge in [-0.1, -0.05) is 54.1 Å². The molecule has 0 radical (unpaired) electrons. The minimum absolute atomic E-state index is 0.0654. The molecule has 22 heavy (non-hydrogen) atoms. The highest BCUT2D eigenvalue weighted by atomic mass is 35.5. The van der Waals surface area contributed by atoms with Crippen molar-refractivity contribution in [2.24, 2.45) is 0 Å². The predicted molar refractivity (Wildman–Crippen MR) is 95.1 cm³/mol. The van der Waals surface area contributed by atoms with E-state index in [0.29, 0.717) is 6.54 Å². The van der Waals surface area contributed by atoms with Crippen molar-refractivity contribution in [2.75, 3.05) is 7.05 Å². The second kappa shape index (κ2) is 8.25. The van der Waals surface area contributed by atoms with E-state index in [0.717, 1.165) is 16.3 Å². The van der Waals surface area contributed by atoms with Gasteiger partial charge in [-0.25, -0.2) is 0 Å². The third-order valence-corrected chi connectivity index (χ3v) is 4.85. The quantitative estimate of drug-likeness (QED) is 0.768. The Labute approximate surface area is 141 Å². The Balaban J connectivity index is 1.84. The third kappa shape index (κ3) is 5.08. The summed E-state index contributed by atoms with van der Waals surface area (Å²) < 4.78 is 0. The molecule has 2 aromatic carbocycles. The van der Waals surface area contributed by atoms with E-state index in [4.69, 9.17) is 11.6 Å². The maximum absolute atomic E-state index is 12.4. The first kappa shape index (κ1) is 16.9. The first-order valence-corrected chi connectivity index (χ1v) is 8.64. The molecule has 0 saturated carbocycles. The van der Waals surface area contributed by atoms with Gasteiger partial charge in [0, 0.05) is 24.4 Å². The summed E-state index contributed by atoms with van der Waals surface area (Å²) in [4.78, 5) is 14.2. The van der Waals surface area contributed by atoms with Crippen LogP contribution in [0.1, 0.15) is 18.1 Å². The standard InChI is InChI=1S/C18H20ClNOS/c1-14(22-13-16-8-10-17(19)11-9-16)18(21)20(2)12-15-6-4-3-5-7-15/h3-11,14H,12-13H2,1-2H3. The molecule has 4 heteroatoms. The molecule has 1 amide bonds. The van der Waals surface area contributed by atoms with Crippen LogP contribution in [0.25, 0.3) is 0 Å². The van der Waals surface area contributed by atoms with Crippen molar-refractivity contribution >= 4 is 29.3 Å². The van der Waals surface area contributed by atoms with Crippen molar-refractivity contribution in [2.45, 2.75) is 24.5 Å². The number of thioether (sulfide) groups is 1. The van der Waals surface area contributed by atoms with Crippen LogP contribution in [-0.2, 0) is 17.1 Å². The number of benzene rings is 2. The lowest BCUT2D eigenvalue weighted by atomic mass is 10.2. The Morgan fingerprint density at radius 3 is 2.36 bits per heavy atom. The molecule has 1 atom stereocenters. The fourth-order valence-electron chi connectivity index (χ4n) is 2.12. The normalized spacial score (nSPS) is 12.0. The summed E-state index contributed by atoms with van der Waals surface area (Å²) in [6, 6.07) is 17.8. The Bertz CT molecular complexity index is 600. The summed E-state index contributed by atoms with van der Waals surface area (Å²) in [5.74, 6) is 0.964. The first-order valence-electron chi connectivity index (χ1n) is 7.21. The maximum Gasteiger partial charge on any atom is 0.235 e. The summed E-state index contributed by atoms with van der Waals surface area (Å²) >= 11 is 7.52. The van der Waals surface area contributed by atoms with E-state index in [1.54, 1.807) is 16.7 Å². The number of hydrogen-bond acceptors (Lipinski definition) is 2. The zero-order valence-electron chi connectivity index (χ0n) is 12.8. The van der Waals surface area contributed by atoms with Crippen LogP contribution in [0, 0.1) is 0 Å². The van der Waals surface area contributed by atoms with Gasteiger partial charge in [0.25, 0.3) is 0 Å². The van der Waals surface area contributed by atoms with Crippen molar-refractivity contribution in [1.82, 2.24) is 4.90 Å². The van der Waals surface area contributed by atoms with E-state index in [9.17, 15) is 4.79 Å². The highest BCUT2D eigenvalue weighted by Gasteiger charge is 2.18. The largest absolute Gasteiger partial charge is 0.340 e. The lowest BCUT2D eigenvalue weighted by Crippen LogP contribution is -2.32. The molecule has 0 aliphatic heterocycles. The Hall–Kier alpha value is -1.45. The number of carbonyl (C=O) groups excluding carboxylic acids is 1. The number of halogens is 1. The topological polar surface area (TPSA) is 20.3 Å². The van der Waals surface area contributed by atoms with Crippen LogP contribution < -0.4 is 0 Å². The summed E-state index contributed by atoms with van der Waals surface area (Å²) in [6.45, 7) is 2.61. The van der Waals surface area contributed by atoms with Crippen LogP contribution in [0.5, 0.6) is 0 Å². The number of hydrogen-bond donors (Lipinski definition) is 0. The number of nitrogens with zero attached hydrogens (tertiary/aromatic N) is 1. The molecule has 0 aliphatic rings. The lowest BCUT2D eigenvalue weighted by molar-refractivity contribution is -0.129. The summed E-state index contributed by atoms with van der Waals surface area (Å²) in [5, 5.41) is 0.671. The minimum atomic E-state index is -0.0654. The van der Waals surface area contributed by atoms with E-state index in [-0.39, 0.29) is 11.2 Å².